The second kappa shape index (κ2) is 4.01. The van der Waals surface area contributed by atoms with Gasteiger partial charge in [0.15, 0.2) is 5.82 Å². The van der Waals surface area contributed by atoms with E-state index in [0.717, 1.165) is 12.8 Å². The number of carboxylic acid groups (broad SMARTS) is 1. The number of ether oxygens (including phenoxy) is 1. The average Bonchev–Trinajstić information content (AvgIpc) is 2.76. The van der Waals surface area contributed by atoms with Gasteiger partial charge in [0.05, 0.1) is 18.1 Å². The van der Waals surface area contributed by atoms with Gasteiger partial charge in [0.25, 0.3) is 0 Å². The van der Waals surface area contributed by atoms with Gasteiger partial charge in [0.1, 0.15) is 6.10 Å². The molecule has 1 aliphatic carbocycles. The van der Waals surface area contributed by atoms with E-state index in [9.17, 15) is 9.90 Å². The van der Waals surface area contributed by atoms with Crippen LogP contribution in [0.2, 0.25) is 0 Å². The van der Waals surface area contributed by atoms with E-state index in [1.54, 1.807) is 4.68 Å². The minimum Gasteiger partial charge on any atom is -0.481 e. The molecule has 7 nitrogen and oxygen atoms in total. The lowest BCUT2D eigenvalue weighted by atomic mass is 10.1. The number of hydrogen-bond acceptors (Lipinski definition) is 5. The molecule has 1 N–H and O–H groups in total. The molecule has 1 aliphatic heterocycles. The summed E-state index contributed by atoms with van der Waals surface area (Å²) in [6.07, 6.45) is 3.39. The van der Waals surface area contributed by atoms with Crippen LogP contribution in [-0.4, -0.2) is 37.4 Å². The molecule has 3 rings (SSSR count). The lowest BCUT2D eigenvalue weighted by Gasteiger charge is -2.14. The predicted octanol–water partition coefficient (Wildman–Crippen LogP) is 0.778. The minimum atomic E-state index is -0.760. The normalized spacial score (nSPS) is 29.4. The van der Waals surface area contributed by atoms with Crippen molar-refractivity contribution in [3.05, 3.63) is 5.82 Å². The topological polar surface area (TPSA) is 90.1 Å². The second-order valence-corrected chi connectivity index (χ2v) is 5.29. The molecule has 1 aromatic heterocycles. The first kappa shape index (κ1) is 11.6. The van der Waals surface area contributed by atoms with Gasteiger partial charge in [-0.25, -0.2) is 4.68 Å². The molecule has 1 saturated heterocycles. The Morgan fingerprint density at radius 1 is 1.56 bits per heavy atom. The first-order valence-electron chi connectivity index (χ1n) is 6.26. The van der Waals surface area contributed by atoms with Crippen molar-refractivity contribution in [3.63, 3.8) is 0 Å². The molecule has 2 atom stereocenters. The highest BCUT2D eigenvalue weighted by Crippen LogP contribution is 2.47. The number of carbonyl (C=O) groups is 1. The van der Waals surface area contributed by atoms with Crippen LogP contribution in [0.1, 0.15) is 44.5 Å². The van der Waals surface area contributed by atoms with Crippen molar-refractivity contribution in [1.29, 1.82) is 0 Å². The third-order valence-corrected chi connectivity index (χ3v) is 3.84. The van der Waals surface area contributed by atoms with Gasteiger partial charge in [-0.1, -0.05) is 0 Å². The molecule has 2 unspecified atom stereocenters. The molecule has 98 valence electrons. The fourth-order valence-corrected chi connectivity index (χ4v) is 2.42. The molecular weight excluding hydrogens is 236 g/mol. The minimum absolute atomic E-state index is 0.0976. The van der Waals surface area contributed by atoms with Crippen LogP contribution in [0.15, 0.2) is 0 Å². The zero-order chi connectivity index (χ0) is 12.8. The number of aliphatic carboxylic acids is 1. The SMILES string of the molecule is CC1CCC(c2nnnn2CC2(C(=O)O)CC2)O1. The van der Waals surface area contributed by atoms with E-state index in [4.69, 9.17) is 4.74 Å². The third-order valence-electron chi connectivity index (χ3n) is 3.84. The van der Waals surface area contributed by atoms with Crippen molar-refractivity contribution >= 4 is 5.97 Å². The summed E-state index contributed by atoms with van der Waals surface area (Å²) in [6, 6.07) is 0. The first-order chi connectivity index (χ1) is 8.61. The molecule has 0 amide bonds. The van der Waals surface area contributed by atoms with Gasteiger partial charge in [-0.3, -0.25) is 4.79 Å². The summed E-state index contributed by atoms with van der Waals surface area (Å²) < 4.78 is 7.33. The van der Waals surface area contributed by atoms with Gasteiger partial charge < -0.3 is 9.84 Å². The number of tetrazole rings is 1. The van der Waals surface area contributed by atoms with E-state index >= 15 is 0 Å². The summed E-state index contributed by atoms with van der Waals surface area (Å²) in [6.45, 7) is 2.37. The number of rotatable bonds is 4. The summed E-state index contributed by atoms with van der Waals surface area (Å²) in [5.41, 5.74) is -0.658. The largest absolute Gasteiger partial charge is 0.481 e. The maximum Gasteiger partial charge on any atom is 0.311 e. The van der Waals surface area contributed by atoms with Crippen LogP contribution < -0.4 is 0 Å². The highest BCUT2D eigenvalue weighted by Gasteiger charge is 2.51. The number of nitrogens with zero attached hydrogens (tertiary/aromatic N) is 4. The fourth-order valence-electron chi connectivity index (χ4n) is 2.42. The summed E-state index contributed by atoms with van der Waals surface area (Å²) in [7, 11) is 0. The van der Waals surface area contributed by atoms with E-state index < -0.39 is 11.4 Å². The van der Waals surface area contributed by atoms with Crippen LogP contribution in [-0.2, 0) is 16.1 Å². The van der Waals surface area contributed by atoms with Crippen LogP contribution in [0.5, 0.6) is 0 Å². The Bertz CT molecular complexity index is 469. The zero-order valence-electron chi connectivity index (χ0n) is 10.2. The average molecular weight is 252 g/mol. The number of carboxylic acids is 1. The molecule has 1 aromatic rings. The Morgan fingerprint density at radius 2 is 2.33 bits per heavy atom. The van der Waals surface area contributed by atoms with Gasteiger partial charge in [-0.2, -0.15) is 0 Å². The zero-order valence-corrected chi connectivity index (χ0v) is 10.2. The first-order valence-corrected chi connectivity index (χ1v) is 6.26. The van der Waals surface area contributed by atoms with Crippen LogP contribution >= 0.6 is 0 Å². The summed E-state index contributed by atoms with van der Waals surface area (Å²) in [5.74, 6) is -0.100. The fraction of sp³-hybridized carbons (Fsp3) is 0.818. The van der Waals surface area contributed by atoms with E-state index in [1.165, 1.54) is 0 Å². The highest BCUT2D eigenvalue weighted by molar-refractivity contribution is 5.77. The molecule has 0 bridgehead atoms. The Kier molecular flexibility index (Phi) is 2.58. The van der Waals surface area contributed by atoms with Gasteiger partial charge in [0, 0.05) is 0 Å². The van der Waals surface area contributed by atoms with Crippen LogP contribution in [0.4, 0.5) is 0 Å². The second-order valence-electron chi connectivity index (χ2n) is 5.29. The molecule has 18 heavy (non-hydrogen) atoms. The molecule has 2 fully saturated rings. The predicted molar refractivity (Wildman–Crippen MR) is 59.6 cm³/mol. The van der Waals surface area contributed by atoms with Crippen molar-refractivity contribution in [1.82, 2.24) is 20.2 Å². The van der Waals surface area contributed by atoms with Crippen molar-refractivity contribution in [2.75, 3.05) is 0 Å². The number of aromatic nitrogens is 4. The summed E-state index contributed by atoms with van der Waals surface area (Å²) in [5, 5.41) is 20.7. The lowest BCUT2D eigenvalue weighted by molar-refractivity contribution is -0.144. The smallest absolute Gasteiger partial charge is 0.311 e. The highest BCUT2D eigenvalue weighted by atomic mass is 16.5. The van der Waals surface area contributed by atoms with E-state index in [1.807, 2.05) is 6.92 Å². The molecule has 7 heteroatoms. The van der Waals surface area contributed by atoms with Crippen molar-refractivity contribution in [3.8, 4) is 0 Å². The molecule has 1 saturated carbocycles. The van der Waals surface area contributed by atoms with Crippen molar-refractivity contribution in [2.24, 2.45) is 5.41 Å². The van der Waals surface area contributed by atoms with Crippen LogP contribution in [0.25, 0.3) is 0 Å². The Labute approximate surface area is 104 Å². The third kappa shape index (κ3) is 1.88. The van der Waals surface area contributed by atoms with E-state index in [2.05, 4.69) is 15.5 Å². The summed E-state index contributed by atoms with van der Waals surface area (Å²) >= 11 is 0. The Balaban J connectivity index is 1.78. The lowest BCUT2D eigenvalue weighted by Crippen LogP contribution is -2.24. The molecule has 2 heterocycles. The quantitative estimate of drug-likeness (QED) is 0.851. The van der Waals surface area contributed by atoms with Gasteiger partial charge >= 0.3 is 5.97 Å². The Hall–Kier alpha value is -1.50. The summed E-state index contributed by atoms with van der Waals surface area (Å²) in [4.78, 5) is 11.2. The van der Waals surface area contributed by atoms with Crippen molar-refractivity contribution in [2.45, 2.75) is 51.4 Å². The van der Waals surface area contributed by atoms with Crippen molar-refractivity contribution < 1.29 is 14.6 Å². The van der Waals surface area contributed by atoms with E-state index in [-0.39, 0.29) is 12.2 Å². The van der Waals surface area contributed by atoms with Crippen LogP contribution in [0, 0.1) is 5.41 Å². The number of hydrogen-bond donors (Lipinski definition) is 1. The van der Waals surface area contributed by atoms with Crippen LogP contribution in [0.3, 0.4) is 0 Å². The monoisotopic (exact) mass is 252 g/mol. The van der Waals surface area contributed by atoms with Gasteiger partial charge in [-0.05, 0) is 43.0 Å². The standard InChI is InChI=1S/C11H16N4O3/c1-7-2-3-8(18-7)9-12-13-14-15(9)6-11(4-5-11)10(16)17/h7-8H,2-6H2,1H3,(H,16,17). The molecule has 0 spiro atoms. The van der Waals surface area contributed by atoms with E-state index in [0.29, 0.717) is 25.2 Å². The maximum absolute atomic E-state index is 11.2. The maximum atomic E-state index is 11.2. The molecular formula is C11H16N4O3. The Morgan fingerprint density at radius 3 is 2.89 bits per heavy atom. The molecule has 2 aliphatic rings. The molecule has 0 aromatic carbocycles. The molecule has 0 radical (unpaired) electrons. The van der Waals surface area contributed by atoms with Gasteiger partial charge in [-0.15, -0.1) is 5.10 Å². The van der Waals surface area contributed by atoms with Gasteiger partial charge in [0.2, 0.25) is 0 Å².